The van der Waals surface area contributed by atoms with Gasteiger partial charge in [-0.25, -0.2) is 8.42 Å². The topological polar surface area (TPSA) is 103 Å². The Labute approximate surface area is 203 Å². The first-order chi connectivity index (χ1) is 15.6. The summed E-state index contributed by atoms with van der Waals surface area (Å²) in [5.74, 6) is 0.279. The molecular weight excluding hydrogens is 487 g/mol. The second kappa shape index (κ2) is 10.3. The van der Waals surface area contributed by atoms with Crippen LogP contribution in [0.2, 0.25) is 10.0 Å². The fraction of sp³-hybridized carbons (Fsp3) is 0.364. The minimum atomic E-state index is -3.92. The number of amides is 1. The Kier molecular flexibility index (Phi) is 7.88. The summed E-state index contributed by atoms with van der Waals surface area (Å²) in [6.45, 7) is 0.948. The monoisotopic (exact) mass is 510 g/mol. The van der Waals surface area contributed by atoms with Crippen molar-refractivity contribution in [3.8, 4) is 11.8 Å². The van der Waals surface area contributed by atoms with Crippen LogP contribution in [0.15, 0.2) is 47.4 Å². The molecule has 1 aliphatic rings. The van der Waals surface area contributed by atoms with Crippen molar-refractivity contribution in [1.29, 1.82) is 5.26 Å². The summed E-state index contributed by atoms with van der Waals surface area (Å²) < 4.78 is 33.3. The molecule has 176 valence electrons. The summed E-state index contributed by atoms with van der Waals surface area (Å²) in [5, 5.41) is 12.3. The number of likely N-dealkylation sites (N-methyl/N-ethyl adjacent to an activating group) is 2. The third kappa shape index (κ3) is 5.42. The van der Waals surface area contributed by atoms with Gasteiger partial charge in [0.1, 0.15) is 22.7 Å². The molecule has 0 aromatic heterocycles. The van der Waals surface area contributed by atoms with Gasteiger partial charge in [0.2, 0.25) is 15.9 Å². The fourth-order valence-electron chi connectivity index (χ4n) is 3.54. The molecule has 0 unspecified atom stereocenters. The van der Waals surface area contributed by atoms with E-state index in [9.17, 15) is 13.2 Å². The van der Waals surface area contributed by atoms with Crippen molar-refractivity contribution in [1.82, 2.24) is 14.5 Å². The highest BCUT2D eigenvalue weighted by Gasteiger charge is 2.55. The zero-order valence-corrected chi connectivity index (χ0v) is 20.5. The van der Waals surface area contributed by atoms with E-state index in [1.54, 1.807) is 43.3 Å². The van der Waals surface area contributed by atoms with E-state index in [2.05, 4.69) is 5.32 Å². The molecule has 1 aliphatic heterocycles. The van der Waals surface area contributed by atoms with Crippen molar-refractivity contribution >= 4 is 39.1 Å². The first-order valence-electron chi connectivity index (χ1n) is 10.1. The molecule has 0 bridgehead atoms. The van der Waals surface area contributed by atoms with Crippen molar-refractivity contribution in [3.63, 3.8) is 0 Å². The first-order valence-corrected chi connectivity index (χ1v) is 12.3. The van der Waals surface area contributed by atoms with Gasteiger partial charge in [0.15, 0.2) is 0 Å². The number of hydrogen-bond donors (Lipinski definition) is 1. The van der Waals surface area contributed by atoms with E-state index in [4.69, 9.17) is 33.2 Å². The number of halogens is 2. The van der Waals surface area contributed by atoms with Crippen molar-refractivity contribution in [3.05, 3.63) is 58.1 Å². The maximum Gasteiger partial charge on any atom is 0.244 e. The zero-order valence-electron chi connectivity index (χ0n) is 18.2. The quantitative estimate of drug-likeness (QED) is 0.556. The predicted octanol–water partition coefficient (Wildman–Crippen LogP) is 2.61. The molecule has 1 heterocycles. The Morgan fingerprint density at radius 1 is 1.24 bits per heavy atom. The van der Waals surface area contributed by atoms with Gasteiger partial charge < -0.3 is 15.0 Å². The van der Waals surface area contributed by atoms with Crippen LogP contribution in [0, 0.1) is 16.7 Å². The minimum absolute atomic E-state index is 0.0119. The van der Waals surface area contributed by atoms with Gasteiger partial charge in [0.05, 0.1) is 16.7 Å². The summed E-state index contributed by atoms with van der Waals surface area (Å²) in [4.78, 5) is 14.8. The first kappa shape index (κ1) is 25.3. The average Bonchev–Trinajstić information content (AvgIpc) is 2.76. The lowest BCUT2D eigenvalue weighted by atomic mass is 9.81. The van der Waals surface area contributed by atoms with Crippen molar-refractivity contribution in [2.75, 3.05) is 46.9 Å². The second-order valence-corrected chi connectivity index (χ2v) is 10.6. The number of nitrogens with one attached hydrogen (secondary N) is 1. The Morgan fingerprint density at radius 3 is 2.48 bits per heavy atom. The smallest absolute Gasteiger partial charge is 0.244 e. The number of hydrogen-bond acceptors (Lipinski definition) is 6. The van der Waals surface area contributed by atoms with E-state index in [-0.39, 0.29) is 35.5 Å². The normalized spacial score (nSPS) is 15.4. The lowest BCUT2D eigenvalue weighted by Gasteiger charge is -2.48. The molecular formula is C22H24Cl2N4O4S. The SMILES string of the molecule is CNCCN(C)C(=O)C1(COc2ccc(C#N)cc2)CN(S(=O)(=O)c2ccc(Cl)cc2Cl)C1. The molecule has 0 spiro atoms. The summed E-state index contributed by atoms with van der Waals surface area (Å²) in [6, 6.07) is 12.7. The number of nitriles is 1. The van der Waals surface area contributed by atoms with Crippen LogP contribution in [-0.4, -0.2) is 70.4 Å². The predicted molar refractivity (Wildman–Crippen MR) is 126 cm³/mol. The Bertz CT molecular complexity index is 1160. The van der Waals surface area contributed by atoms with Gasteiger partial charge in [-0.05, 0) is 49.5 Å². The Hall–Kier alpha value is -2.35. The summed E-state index contributed by atoms with van der Waals surface area (Å²) in [7, 11) is -0.457. The number of rotatable bonds is 9. The van der Waals surface area contributed by atoms with E-state index in [1.807, 2.05) is 6.07 Å². The standard InChI is InChI=1S/C22H24Cl2N4O4S/c1-26-9-10-27(2)21(29)22(15-32-18-6-3-16(12-25)4-7-18)13-28(14-22)33(30,31)20-8-5-17(23)11-19(20)24/h3-8,11,26H,9-10,13-15H2,1-2H3. The molecule has 1 saturated heterocycles. The van der Waals surface area contributed by atoms with Gasteiger partial charge in [-0.3, -0.25) is 4.79 Å². The molecule has 0 atom stereocenters. The third-order valence-electron chi connectivity index (χ3n) is 5.47. The highest BCUT2D eigenvalue weighted by atomic mass is 35.5. The van der Waals surface area contributed by atoms with Crippen LogP contribution in [0.25, 0.3) is 0 Å². The molecule has 3 rings (SSSR count). The van der Waals surface area contributed by atoms with E-state index < -0.39 is 15.4 Å². The van der Waals surface area contributed by atoms with Crippen molar-refractivity contribution < 1.29 is 17.9 Å². The molecule has 33 heavy (non-hydrogen) atoms. The molecule has 0 saturated carbocycles. The largest absolute Gasteiger partial charge is 0.492 e. The maximum absolute atomic E-state index is 13.3. The molecule has 0 aliphatic carbocycles. The van der Waals surface area contributed by atoms with Crippen LogP contribution >= 0.6 is 23.2 Å². The number of nitrogens with zero attached hydrogens (tertiary/aromatic N) is 3. The number of benzene rings is 2. The van der Waals surface area contributed by atoms with Gasteiger partial charge in [0.25, 0.3) is 0 Å². The summed E-state index contributed by atoms with van der Waals surface area (Å²) >= 11 is 12.0. The second-order valence-electron chi connectivity index (χ2n) is 7.88. The number of ether oxygens (including phenoxy) is 1. The molecule has 2 aromatic rings. The molecule has 1 amide bonds. The molecule has 0 radical (unpaired) electrons. The number of sulfonamides is 1. The minimum Gasteiger partial charge on any atom is -0.492 e. The molecule has 8 nitrogen and oxygen atoms in total. The van der Waals surface area contributed by atoms with E-state index in [1.165, 1.54) is 22.5 Å². The van der Waals surface area contributed by atoms with Gasteiger partial charge in [-0.15, -0.1) is 0 Å². The molecule has 2 aromatic carbocycles. The van der Waals surface area contributed by atoms with Gasteiger partial charge in [-0.2, -0.15) is 9.57 Å². The zero-order chi connectivity index (χ0) is 24.2. The van der Waals surface area contributed by atoms with Crippen molar-refractivity contribution in [2.24, 2.45) is 5.41 Å². The van der Waals surface area contributed by atoms with Crippen LogP contribution in [0.4, 0.5) is 0 Å². The summed E-state index contributed by atoms with van der Waals surface area (Å²) in [5.41, 5.74) is -0.566. The Balaban J connectivity index is 1.81. The van der Waals surface area contributed by atoms with Gasteiger partial charge >= 0.3 is 0 Å². The van der Waals surface area contributed by atoms with Gasteiger partial charge in [-0.1, -0.05) is 23.2 Å². The lowest BCUT2D eigenvalue weighted by Crippen LogP contribution is -2.67. The third-order valence-corrected chi connectivity index (χ3v) is 7.98. The van der Waals surface area contributed by atoms with Crippen LogP contribution in [-0.2, 0) is 14.8 Å². The number of carbonyl (C=O) groups excluding carboxylic acids is 1. The van der Waals surface area contributed by atoms with Crippen LogP contribution in [0.3, 0.4) is 0 Å². The van der Waals surface area contributed by atoms with E-state index in [0.29, 0.717) is 29.4 Å². The van der Waals surface area contributed by atoms with E-state index >= 15 is 0 Å². The lowest BCUT2D eigenvalue weighted by molar-refractivity contribution is -0.150. The Morgan fingerprint density at radius 2 is 1.91 bits per heavy atom. The number of carbonyl (C=O) groups is 1. The van der Waals surface area contributed by atoms with Crippen LogP contribution in [0.1, 0.15) is 5.56 Å². The van der Waals surface area contributed by atoms with Crippen LogP contribution < -0.4 is 10.1 Å². The van der Waals surface area contributed by atoms with Gasteiger partial charge in [0, 0.05) is 38.2 Å². The maximum atomic E-state index is 13.3. The highest BCUT2D eigenvalue weighted by Crippen LogP contribution is 2.39. The molecule has 11 heteroatoms. The van der Waals surface area contributed by atoms with Crippen LogP contribution in [0.5, 0.6) is 5.75 Å². The highest BCUT2D eigenvalue weighted by molar-refractivity contribution is 7.89. The summed E-state index contributed by atoms with van der Waals surface area (Å²) in [6.07, 6.45) is 0. The average molecular weight is 511 g/mol. The van der Waals surface area contributed by atoms with Crippen molar-refractivity contribution in [2.45, 2.75) is 4.90 Å². The molecule has 1 N–H and O–H groups in total. The van der Waals surface area contributed by atoms with E-state index in [0.717, 1.165) is 0 Å². The fourth-order valence-corrected chi connectivity index (χ4v) is 5.90. The molecule has 1 fully saturated rings.